The number of rotatable bonds is 1. The van der Waals surface area contributed by atoms with Crippen molar-refractivity contribution in [3.8, 4) is 0 Å². The van der Waals surface area contributed by atoms with Crippen LogP contribution in [0, 0.1) is 0 Å². The van der Waals surface area contributed by atoms with Crippen LogP contribution < -0.4 is 16.4 Å². The summed E-state index contributed by atoms with van der Waals surface area (Å²) in [6.45, 7) is 0. The molecule has 0 aliphatic carbocycles. The predicted molar refractivity (Wildman–Crippen MR) is 25.0 cm³/mol. The SMILES string of the molecule is CN[NH+]([NH-])C(=O)ON. The first kappa shape index (κ1) is 7.31. The molecule has 1 atom stereocenters. The maximum Gasteiger partial charge on any atom is 0.543 e. The summed E-state index contributed by atoms with van der Waals surface area (Å²) in [5.74, 6) is 11.1. The summed E-state index contributed by atoms with van der Waals surface area (Å²) in [5, 5.41) is -0.354. The number of quaternary nitrogens is 1. The third-order valence-electron chi connectivity index (χ3n) is 0.561. The molecule has 0 aromatic rings. The number of carbonyl (C=O) groups excluding carboxylic acids is 1. The van der Waals surface area contributed by atoms with Crippen LogP contribution in [0.15, 0.2) is 0 Å². The van der Waals surface area contributed by atoms with Gasteiger partial charge < -0.3 is 10.7 Å². The van der Waals surface area contributed by atoms with Crippen molar-refractivity contribution in [1.82, 2.24) is 5.43 Å². The zero-order chi connectivity index (χ0) is 6.57. The first-order valence-electron chi connectivity index (χ1n) is 1.89. The van der Waals surface area contributed by atoms with Crippen molar-refractivity contribution in [2.45, 2.75) is 0 Å². The van der Waals surface area contributed by atoms with Gasteiger partial charge in [-0.25, -0.2) is 5.12 Å². The second kappa shape index (κ2) is 3.33. The largest absolute Gasteiger partial charge is 0.543 e. The van der Waals surface area contributed by atoms with Crippen LogP contribution in [-0.2, 0) is 4.84 Å². The van der Waals surface area contributed by atoms with Gasteiger partial charge in [0.25, 0.3) is 0 Å². The topological polar surface area (TPSA) is 92.6 Å². The van der Waals surface area contributed by atoms with Gasteiger partial charge in [-0.05, 0) is 0 Å². The van der Waals surface area contributed by atoms with Crippen LogP contribution in [0.25, 0.3) is 5.84 Å². The fourth-order valence-electron chi connectivity index (χ4n) is 0.161. The molecule has 0 spiro atoms. The summed E-state index contributed by atoms with van der Waals surface area (Å²) >= 11 is 0. The standard InChI is InChI=1S/C2H8N4O2/c1-5-6(3)2(7)8-4/h3,5-6H,4H2,1H3. The van der Waals surface area contributed by atoms with E-state index in [9.17, 15) is 4.79 Å². The Balaban J connectivity index is 3.46. The lowest BCUT2D eigenvalue weighted by Crippen LogP contribution is -3.14. The number of hydrogen-bond donors (Lipinski definition) is 3. The molecule has 1 amide bonds. The molecule has 0 aliphatic heterocycles. The Morgan fingerprint density at radius 3 is 2.62 bits per heavy atom. The Morgan fingerprint density at radius 1 is 2.00 bits per heavy atom. The molecule has 0 heterocycles. The lowest BCUT2D eigenvalue weighted by Gasteiger charge is -2.11. The molecule has 6 heteroatoms. The van der Waals surface area contributed by atoms with E-state index in [-0.39, 0.29) is 5.12 Å². The Kier molecular flexibility index (Phi) is 3.04. The second-order valence-corrected chi connectivity index (χ2v) is 1.03. The zero-order valence-electron chi connectivity index (χ0n) is 4.39. The van der Waals surface area contributed by atoms with Gasteiger partial charge >= 0.3 is 6.09 Å². The maximum absolute atomic E-state index is 10.1. The van der Waals surface area contributed by atoms with Crippen molar-refractivity contribution < 1.29 is 14.8 Å². The molecule has 0 bridgehead atoms. The van der Waals surface area contributed by atoms with E-state index in [1.165, 1.54) is 7.05 Å². The Hall–Kier alpha value is -0.690. The Bertz CT molecular complexity index is 84.1. The van der Waals surface area contributed by atoms with Gasteiger partial charge in [-0.3, -0.25) is 0 Å². The summed E-state index contributed by atoms with van der Waals surface area (Å²) in [7, 11) is 1.43. The molecular formula is C2H8N4O2. The molecule has 0 aromatic heterocycles. The van der Waals surface area contributed by atoms with Crippen molar-refractivity contribution in [1.29, 1.82) is 0 Å². The Morgan fingerprint density at radius 2 is 2.50 bits per heavy atom. The van der Waals surface area contributed by atoms with Crippen molar-refractivity contribution in [2.24, 2.45) is 5.90 Å². The number of hydrogen-bond acceptors (Lipinski definition) is 4. The van der Waals surface area contributed by atoms with Gasteiger partial charge in [0.2, 0.25) is 0 Å². The first-order valence-corrected chi connectivity index (χ1v) is 1.89. The number of nitrogens with one attached hydrogen (secondary N) is 3. The predicted octanol–water partition coefficient (Wildman–Crippen LogP) is -2.02. The fourth-order valence-corrected chi connectivity index (χ4v) is 0.161. The average Bonchev–Trinajstić information content (AvgIpc) is 1.84. The zero-order valence-corrected chi connectivity index (χ0v) is 4.39. The van der Waals surface area contributed by atoms with Crippen LogP contribution >= 0.6 is 0 Å². The van der Waals surface area contributed by atoms with Crippen LogP contribution in [0.5, 0.6) is 0 Å². The van der Waals surface area contributed by atoms with E-state index in [2.05, 4.69) is 16.2 Å². The van der Waals surface area contributed by atoms with Crippen molar-refractivity contribution in [3.63, 3.8) is 0 Å². The summed E-state index contributed by atoms with van der Waals surface area (Å²) in [4.78, 5) is 13.8. The molecule has 6 nitrogen and oxygen atoms in total. The van der Waals surface area contributed by atoms with Gasteiger partial charge in [-0.15, -0.1) is 0 Å². The maximum atomic E-state index is 10.1. The molecule has 0 saturated heterocycles. The van der Waals surface area contributed by atoms with Crippen LogP contribution in [0.3, 0.4) is 0 Å². The molecule has 0 radical (unpaired) electrons. The smallest absolute Gasteiger partial charge is 0.437 e. The van der Waals surface area contributed by atoms with Crippen molar-refractivity contribution in [3.05, 3.63) is 5.84 Å². The lowest BCUT2D eigenvalue weighted by atomic mass is 11.2. The monoisotopic (exact) mass is 120 g/mol. The van der Waals surface area contributed by atoms with Crippen LogP contribution in [0.1, 0.15) is 0 Å². The van der Waals surface area contributed by atoms with E-state index in [1.54, 1.807) is 0 Å². The lowest BCUT2D eigenvalue weighted by molar-refractivity contribution is -0.817. The minimum atomic E-state index is -0.868. The van der Waals surface area contributed by atoms with Gasteiger partial charge in [0.05, 0.1) is 0 Å². The van der Waals surface area contributed by atoms with Crippen molar-refractivity contribution >= 4 is 6.09 Å². The van der Waals surface area contributed by atoms with E-state index in [1.807, 2.05) is 0 Å². The summed E-state index contributed by atoms with van der Waals surface area (Å²) in [5.41, 5.74) is 2.24. The van der Waals surface area contributed by atoms with Gasteiger partial charge in [-0.1, -0.05) is 0 Å². The van der Waals surface area contributed by atoms with Gasteiger partial charge in [0.1, 0.15) is 0 Å². The summed E-state index contributed by atoms with van der Waals surface area (Å²) < 4.78 is 0. The van der Waals surface area contributed by atoms with E-state index in [4.69, 9.17) is 5.84 Å². The van der Waals surface area contributed by atoms with Gasteiger partial charge in [0.15, 0.2) is 0 Å². The normalized spacial score (nSPS) is 12.9. The highest BCUT2D eigenvalue weighted by molar-refractivity contribution is 5.55. The van der Waals surface area contributed by atoms with E-state index in [0.29, 0.717) is 0 Å². The molecule has 8 heavy (non-hydrogen) atoms. The highest BCUT2D eigenvalue weighted by Gasteiger charge is 2.06. The molecule has 0 aromatic carbocycles. The molecule has 1 unspecified atom stereocenters. The molecule has 5 N–H and O–H groups in total. The third-order valence-corrected chi connectivity index (χ3v) is 0.561. The third kappa shape index (κ3) is 1.85. The molecule has 0 saturated carbocycles. The fraction of sp³-hybridized carbons (Fsp3) is 0.500. The number of nitrogens with two attached hydrogens (primary N) is 1. The number of carbonyl (C=O) groups is 1. The molecule has 0 rings (SSSR count). The van der Waals surface area contributed by atoms with E-state index in [0.717, 1.165) is 0 Å². The Labute approximate surface area is 46.3 Å². The van der Waals surface area contributed by atoms with Crippen molar-refractivity contribution in [2.75, 3.05) is 7.05 Å². The van der Waals surface area contributed by atoms with E-state index < -0.39 is 6.09 Å². The number of amides is 1. The van der Waals surface area contributed by atoms with Crippen LogP contribution in [0.4, 0.5) is 4.79 Å². The average molecular weight is 120 g/mol. The van der Waals surface area contributed by atoms with Gasteiger partial charge in [-0.2, -0.15) is 16.1 Å². The molecule has 0 fully saturated rings. The minimum Gasteiger partial charge on any atom is -0.437 e. The van der Waals surface area contributed by atoms with Gasteiger partial charge in [0, 0.05) is 7.05 Å². The second-order valence-electron chi connectivity index (χ2n) is 1.03. The van der Waals surface area contributed by atoms with E-state index >= 15 is 0 Å². The molecule has 0 aliphatic rings. The highest BCUT2D eigenvalue weighted by atomic mass is 16.7. The minimum absolute atomic E-state index is 0.354. The molecular weight excluding hydrogens is 112 g/mol. The first-order chi connectivity index (χ1) is 3.72. The highest BCUT2D eigenvalue weighted by Crippen LogP contribution is 1.53. The quantitative estimate of drug-likeness (QED) is 0.348. The summed E-state index contributed by atoms with van der Waals surface area (Å²) in [6.07, 6.45) is -0.868. The molecule has 48 valence electrons. The van der Waals surface area contributed by atoms with Crippen LogP contribution in [-0.4, -0.2) is 13.1 Å². The van der Waals surface area contributed by atoms with Crippen LogP contribution in [0.2, 0.25) is 0 Å². The summed E-state index contributed by atoms with van der Waals surface area (Å²) in [6, 6.07) is 0.